The number of hydrogen-bond donors (Lipinski definition) is 2. The summed E-state index contributed by atoms with van der Waals surface area (Å²) in [5.74, 6) is -3.80. The number of ether oxygens (including phenoxy) is 1. The smallest absolute Gasteiger partial charge is 0.355 e. The van der Waals surface area contributed by atoms with E-state index in [0.29, 0.717) is 0 Å². The van der Waals surface area contributed by atoms with Crippen molar-refractivity contribution in [2.75, 3.05) is 5.32 Å². The zero-order valence-corrected chi connectivity index (χ0v) is 7.25. The lowest BCUT2D eigenvalue weighted by Gasteiger charge is -2.17. The van der Waals surface area contributed by atoms with Gasteiger partial charge in [0, 0.05) is 0 Å². The van der Waals surface area contributed by atoms with Crippen LogP contribution in [-0.4, -0.2) is 11.1 Å². The molecule has 2 rings (SSSR count). The summed E-state index contributed by atoms with van der Waals surface area (Å²) in [4.78, 5) is 10.5. The highest BCUT2D eigenvalue weighted by Gasteiger charge is 2.21. The van der Waals surface area contributed by atoms with Crippen molar-refractivity contribution in [3.63, 3.8) is 0 Å². The van der Waals surface area contributed by atoms with Gasteiger partial charge in [-0.2, -0.15) is 4.39 Å². The van der Waals surface area contributed by atoms with E-state index < -0.39 is 17.6 Å². The molecule has 1 aromatic rings. The number of aliphatic carboxylic acids is 1. The van der Waals surface area contributed by atoms with Crippen LogP contribution in [0.3, 0.4) is 0 Å². The molecule has 0 bridgehead atoms. The predicted molar refractivity (Wildman–Crippen MR) is 46.3 cm³/mol. The highest BCUT2D eigenvalue weighted by molar-refractivity contribution is 5.91. The van der Waals surface area contributed by atoms with Crippen molar-refractivity contribution in [3.05, 3.63) is 35.7 Å². The van der Waals surface area contributed by atoms with Gasteiger partial charge >= 0.3 is 5.97 Å². The monoisotopic (exact) mass is 213 g/mol. The molecule has 0 saturated carbocycles. The standard InChI is InChI=1S/C9H5F2NO3/c10-4-1-2-5-8(7(4)11)15-3-6(12-5)9(13)14/h1-3,12H,(H,13,14). The molecular formula is C9H5F2NO3. The first-order chi connectivity index (χ1) is 7.09. The van der Waals surface area contributed by atoms with Gasteiger partial charge < -0.3 is 15.2 Å². The maximum absolute atomic E-state index is 13.1. The molecule has 0 spiro atoms. The molecule has 78 valence electrons. The number of hydrogen-bond acceptors (Lipinski definition) is 3. The number of carboxylic acid groups (broad SMARTS) is 1. The summed E-state index contributed by atoms with van der Waals surface area (Å²) in [5, 5.41) is 11.0. The van der Waals surface area contributed by atoms with Gasteiger partial charge in [-0.3, -0.25) is 0 Å². The van der Waals surface area contributed by atoms with Crippen LogP contribution in [0.2, 0.25) is 0 Å². The largest absolute Gasteiger partial charge is 0.476 e. The average Bonchev–Trinajstić information content (AvgIpc) is 2.23. The van der Waals surface area contributed by atoms with Crippen molar-refractivity contribution in [2.24, 2.45) is 0 Å². The van der Waals surface area contributed by atoms with Crippen molar-refractivity contribution in [1.29, 1.82) is 0 Å². The third-order valence-corrected chi connectivity index (χ3v) is 1.84. The quantitative estimate of drug-likeness (QED) is 0.745. The van der Waals surface area contributed by atoms with Crippen molar-refractivity contribution in [1.82, 2.24) is 0 Å². The van der Waals surface area contributed by atoms with E-state index in [1.165, 1.54) is 6.07 Å². The summed E-state index contributed by atoms with van der Waals surface area (Å²) in [5.41, 5.74) is -0.165. The lowest BCUT2D eigenvalue weighted by molar-refractivity contribution is -0.132. The van der Waals surface area contributed by atoms with Gasteiger partial charge in [0.1, 0.15) is 6.26 Å². The van der Waals surface area contributed by atoms with Crippen LogP contribution in [0.25, 0.3) is 0 Å². The van der Waals surface area contributed by atoms with Crippen LogP contribution in [0.5, 0.6) is 5.75 Å². The molecule has 1 aromatic carbocycles. The average molecular weight is 213 g/mol. The number of fused-ring (bicyclic) bond motifs is 1. The van der Waals surface area contributed by atoms with E-state index in [-0.39, 0.29) is 17.1 Å². The fourth-order valence-corrected chi connectivity index (χ4v) is 1.14. The number of carbonyl (C=O) groups is 1. The van der Waals surface area contributed by atoms with Gasteiger partial charge in [0.25, 0.3) is 0 Å². The zero-order valence-electron chi connectivity index (χ0n) is 7.25. The topological polar surface area (TPSA) is 58.6 Å². The molecule has 4 nitrogen and oxygen atoms in total. The molecule has 0 radical (unpaired) electrons. The Hall–Kier alpha value is -2.11. The molecule has 0 saturated heterocycles. The summed E-state index contributed by atoms with van der Waals surface area (Å²) in [7, 11) is 0. The molecular weight excluding hydrogens is 208 g/mol. The minimum atomic E-state index is -1.25. The SMILES string of the molecule is O=C(O)C1=COc2c(ccc(F)c2F)N1. The molecule has 1 aliphatic heterocycles. The van der Waals surface area contributed by atoms with Crippen molar-refractivity contribution < 1.29 is 23.4 Å². The van der Waals surface area contributed by atoms with E-state index in [9.17, 15) is 13.6 Å². The molecule has 0 aliphatic carbocycles. The Bertz CT molecular complexity index is 471. The Morgan fingerprint density at radius 1 is 1.40 bits per heavy atom. The first kappa shape index (κ1) is 9.45. The first-order valence-corrected chi connectivity index (χ1v) is 3.94. The van der Waals surface area contributed by atoms with Crippen LogP contribution >= 0.6 is 0 Å². The summed E-state index contributed by atoms with van der Waals surface area (Å²) in [6.07, 6.45) is 0.813. The minimum Gasteiger partial charge on any atom is -0.476 e. The number of anilines is 1. The molecule has 1 heterocycles. The summed E-state index contributed by atoms with van der Waals surface area (Å²) in [6, 6.07) is 2.08. The predicted octanol–water partition coefficient (Wildman–Crippen LogP) is 1.70. The van der Waals surface area contributed by atoms with E-state index in [1.807, 2.05) is 0 Å². The van der Waals surface area contributed by atoms with Crippen molar-refractivity contribution in [2.45, 2.75) is 0 Å². The molecule has 15 heavy (non-hydrogen) atoms. The van der Waals surface area contributed by atoms with Gasteiger partial charge in [-0.15, -0.1) is 0 Å². The van der Waals surface area contributed by atoms with Gasteiger partial charge in [-0.05, 0) is 12.1 Å². The fourth-order valence-electron chi connectivity index (χ4n) is 1.14. The van der Waals surface area contributed by atoms with Crippen LogP contribution in [0.1, 0.15) is 0 Å². The second-order valence-electron chi connectivity index (χ2n) is 2.82. The fraction of sp³-hybridized carbons (Fsp3) is 0. The van der Waals surface area contributed by atoms with Crippen molar-refractivity contribution >= 4 is 11.7 Å². The Morgan fingerprint density at radius 3 is 2.80 bits per heavy atom. The Kier molecular flexibility index (Phi) is 2.03. The third kappa shape index (κ3) is 1.50. The van der Waals surface area contributed by atoms with Crippen LogP contribution in [0.15, 0.2) is 24.1 Å². The number of carboxylic acids is 1. The minimum absolute atomic E-state index is 0.0776. The first-order valence-electron chi connectivity index (χ1n) is 3.94. The maximum Gasteiger partial charge on any atom is 0.355 e. The highest BCUT2D eigenvalue weighted by Crippen LogP contribution is 2.33. The lowest BCUT2D eigenvalue weighted by atomic mass is 10.2. The summed E-state index contributed by atoms with van der Waals surface area (Å²) >= 11 is 0. The number of rotatable bonds is 1. The van der Waals surface area contributed by atoms with E-state index in [1.54, 1.807) is 0 Å². The second kappa shape index (κ2) is 3.23. The maximum atomic E-state index is 13.1. The molecule has 0 atom stereocenters. The summed E-state index contributed by atoms with van der Waals surface area (Å²) in [6.45, 7) is 0. The van der Waals surface area contributed by atoms with Crippen LogP contribution in [0.4, 0.5) is 14.5 Å². The summed E-state index contributed by atoms with van der Waals surface area (Å²) < 4.78 is 30.5. The molecule has 0 unspecified atom stereocenters. The number of halogens is 2. The van der Waals surface area contributed by atoms with E-state index in [4.69, 9.17) is 5.11 Å². The van der Waals surface area contributed by atoms with E-state index >= 15 is 0 Å². The third-order valence-electron chi connectivity index (χ3n) is 1.84. The van der Waals surface area contributed by atoms with Gasteiger partial charge in [-0.1, -0.05) is 0 Å². The number of nitrogens with one attached hydrogen (secondary N) is 1. The molecule has 1 aliphatic rings. The van der Waals surface area contributed by atoms with E-state index in [2.05, 4.69) is 10.1 Å². The van der Waals surface area contributed by atoms with Crippen LogP contribution in [-0.2, 0) is 4.79 Å². The second-order valence-corrected chi connectivity index (χ2v) is 2.82. The molecule has 2 N–H and O–H groups in total. The van der Waals surface area contributed by atoms with Gasteiger partial charge in [0.15, 0.2) is 17.3 Å². The Morgan fingerprint density at radius 2 is 2.13 bits per heavy atom. The van der Waals surface area contributed by atoms with Crippen LogP contribution < -0.4 is 10.1 Å². The van der Waals surface area contributed by atoms with Crippen LogP contribution in [0, 0.1) is 11.6 Å². The highest BCUT2D eigenvalue weighted by atomic mass is 19.2. The van der Waals surface area contributed by atoms with Crippen molar-refractivity contribution in [3.8, 4) is 5.75 Å². The molecule has 0 fully saturated rings. The van der Waals surface area contributed by atoms with Gasteiger partial charge in [-0.25, -0.2) is 9.18 Å². The normalized spacial score (nSPS) is 13.3. The lowest BCUT2D eigenvalue weighted by Crippen LogP contribution is -2.16. The molecule has 6 heteroatoms. The van der Waals surface area contributed by atoms with Gasteiger partial charge in [0.2, 0.25) is 5.82 Å². The van der Waals surface area contributed by atoms with E-state index in [0.717, 1.165) is 12.3 Å². The molecule has 0 aromatic heterocycles. The van der Waals surface area contributed by atoms with Gasteiger partial charge in [0.05, 0.1) is 5.69 Å². The molecule has 0 amide bonds. The number of benzene rings is 1. The zero-order chi connectivity index (χ0) is 11.0. The Labute approximate surface area is 82.8 Å². The Balaban J connectivity index is 2.43.